The highest BCUT2D eigenvalue weighted by atomic mass is 16.5. The summed E-state index contributed by atoms with van der Waals surface area (Å²) in [5, 5.41) is 12.5. The Labute approximate surface area is 130 Å². The van der Waals surface area contributed by atoms with Gasteiger partial charge in [0.25, 0.3) is 0 Å². The van der Waals surface area contributed by atoms with Crippen molar-refractivity contribution in [2.45, 2.75) is 33.0 Å². The van der Waals surface area contributed by atoms with E-state index in [4.69, 9.17) is 4.74 Å². The maximum atomic E-state index is 11.1. The molecule has 0 aliphatic carbocycles. The van der Waals surface area contributed by atoms with Crippen molar-refractivity contribution in [3.8, 4) is 5.75 Å². The third-order valence-corrected chi connectivity index (χ3v) is 3.30. The van der Waals surface area contributed by atoms with Gasteiger partial charge < -0.3 is 15.2 Å². The molecule has 0 aromatic heterocycles. The lowest BCUT2D eigenvalue weighted by Crippen LogP contribution is -2.06. The number of aliphatic hydroxyl groups is 1. The van der Waals surface area contributed by atoms with Gasteiger partial charge in [0.1, 0.15) is 12.4 Å². The Morgan fingerprint density at radius 3 is 2.59 bits per heavy atom. The van der Waals surface area contributed by atoms with Crippen molar-refractivity contribution in [2.24, 2.45) is 0 Å². The van der Waals surface area contributed by atoms with Gasteiger partial charge in [-0.05, 0) is 41.8 Å². The summed E-state index contributed by atoms with van der Waals surface area (Å²) in [5.41, 5.74) is 2.63. The van der Waals surface area contributed by atoms with Crippen molar-refractivity contribution < 1.29 is 14.6 Å². The molecule has 1 atom stereocenters. The zero-order valence-electron chi connectivity index (χ0n) is 12.9. The van der Waals surface area contributed by atoms with Crippen LogP contribution in [0.2, 0.25) is 0 Å². The Morgan fingerprint density at radius 1 is 1.23 bits per heavy atom. The van der Waals surface area contributed by atoms with E-state index in [1.54, 1.807) is 0 Å². The molecular formula is C18H21NO3. The van der Waals surface area contributed by atoms with Crippen molar-refractivity contribution in [2.75, 3.05) is 5.32 Å². The number of benzene rings is 2. The summed E-state index contributed by atoms with van der Waals surface area (Å²) in [6, 6.07) is 15.0. The Bertz CT molecular complexity index is 622. The average molecular weight is 299 g/mol. The first-order valence-corrected chi connectivity index (χ1v) is 7.36. The molecule has 4 heteroatoms. The van der Waals surface area contributed by atoms with Crippen LogP contribution in [0.25, 0.3) is 0 Å². The first-order valence-electron chi connectivity index (χ1n) is 7.36. The number of carbonyl (C=O) groups excluding carboxylic acids is 1. The van der Waals surface area contributed by atoms with Crippen molar-refractivity contribution in [1.29, 1.82) is 0 Å². The number of hydrogen-bond acceptors (Lipinski definition) is 3. The molecule has 1 amide bonds. The van der Waals surface area contributed by atoms with E-state index in [0.717, 1.165) is 22.6 Å². The Balaban J connectivity index is 1.96. The van der Waals surface area contributed by atoms with Crippen LogP contribution < -0.4 is 10.1 Å². The third-order valence-electron chi connectivity index (χ3n) is 3.30. The lowest BCUT2D eigenvalue weighted by molar-refractivity contribution is -0.114. The largest absolute Gasteiger partial charge is 0.489 e. The standard InChI is InChI=1S/C18H21NO3/c1-3-18(21)15-7-9-17(10-8-15)22-12-14-5-4-6-16(11-14)19-13(2)20/h4-11,18,21H,3,12H2,1-2H3,(H,19,20)/t18-/m0/s1. The van der Waals surface area contributed by atoms with E-state index in [0.29, 0.717) is 13.0 Å². The van der Waals surface area contributed by atoms with Crippen LogP contribution in [-0.4, -0.2) is 11.0 Å². The normalized spacial score (nSPS) is 11.8. The van der Waals surface area contributed by atoms with E-state index in [2.05, 4.69) is 5.32 Å². The molecule has 22 heavy (non-hydrogen) atoms. The van der Waals surface area contributed by atoms with Gasteiger partial charge in [-0.1, -0.05) is 31.2 Å². The summed E-state index contributed by atoms with van der Waals surface area (Å²) in [7, 11) is 0. The van der Waals surface area contributed by atoms with Crippen LogP contribution in [0, 0.1) is 0 Å². The maximum Gasteiger partial charge on any atom is 0.221 e. The van der Waals surface area contributed by atoms with Crippen LogP contribution in [0.4, 0.5) is 5.69 Å². The summed E-state index contributed by atoms with van der Waals surface area (Å²) in [6.07, 6.45) is 0.263. The minimum atomic E-state index is -0.427. The molecule has 0 heterocycles. The van der Waals surface area contributed by atoms with Gasteiger partial charge in [-0.3, -0.25) is 4.79 Å². The van der Waals surface area contributed by atoms with Gasteiger partial charge in [0.15, 0.2) is 0 Å². The molecule has 2 aromatic rings. The van der Waals surface area contributed by atoms with E-state index in [1.165, 1.54) is 6.92 Å². The second-order valence-electron chi connectivity index (χ2n) is 5.16. The third kappa shape index (κ3) is 4.60. The molecule has 0 fully saturated rings. The second kappa shape index (κ2) is 7.61. The molecule has 2 rings (SSSR count). The number of carbonyl (C=O) groups is 1. The highest BCUT2D eigenvalue weighted by Gasteiger charge is 2.05. The molecule has 0 saturated carbocycles. The van der Waals surface area contributed by atoms with Gasteiger partial charge in [-0.15, -0.1) is 0 Å². The SMILES string of the molecule is CC[C@H](O)c1ccc(OCc2cccc(NC(C)=O)c2)cc1. The molecule has 2 N–H and O–H groups in total. The minimum Gasteiger partial charge on any atom is -0.489 e. The molecule has 0 aliphatic heterocycles. The fourth-order valence-corrected chi connectivity index (χ4v) is 2.13. The van der Waals surface area contributed by atoms with Gasteiger partial charge in [-0.25, -0.2) is 0 Å². The lowest BCUT2D eigenvalue weighted by Gasteiger charge is -2.11. The molecule has 116 valence electrons. The van der Waals surface area contributed by atoms with Crippen LogP contribution in [0.1, 0.15) is 37.5 Å². The summed E-state index contributed by atoms with van der Waals surface area (Å²) < 4.78 is 5.73. The predicted molar refractivity (Wildman–Crippen MR) is 86.8 cm³/mol. The number of rotatable bonds is 6. The fraction of sp³-hybridized carbons (Fsp3) is 0.278. The zero-order chi connectivity index (χ0) is 15.9. The van der Waals surface area contributed by atoms with Gasteiger partial charge in [0.05, 0.1) is 6.10 Å². The molecular weight excluding hydrogens is 278 g/mol. The molecule has 0 spiro atoms. The van der Waals surface area contributed by atoms with Crippen molar-refractivity contribution in [1.82, 2.24) is 0 Å². The maximum absolute atomic E-state index is 11.1. The Kier molecular flexibility index (Phi) is 5.55. The predicted octanol–water partition coefficient (Wildman–Crippen LogP) is 3.67. The zero-order valence-corrected chi connectivity index (χ0v) is 12.9. The second-order valence-corrected chi connectivity index (χ2v) is 5.16. The Morgan fingerprint density at radius 2 is 1.95 bits per heavy atom. The summed E-state index contributed by atoms with van der Waals surface area (Å²) >= 11 is 0. The van der Waals surface area contributed by atoms with Gasteiger partial charge in [0.2, 0.25) is 5.91 Å². The highest BCUT2D eigenvalue weighted by molar-refractivity contribution is 5.88. The number of ether oxygens (including phenoxy) is 1. The van der Waals surface area contributed by atoms with E-state index in [-0.39, 0.29) is 5.91 Å². The minimum absolute atomic E-state index is 0.0943. The summed E-state index contributed by atoms with van der Waals surface area (Å²) in [5.74, 6) is 0.653. The first kappa shape index (κ1) is 16.0. The van der Waals surface area contributed by atoms with Gasteiger partial charge in [0, 0.05) is 12.6 Å². The Hall–Kier alpha value is -2.33. The number of nitrogens with one attached hydrogen (secondary N) is 1. The molecule has 0 unspecified atom stereocenters. The van der Waals surface area contributed by atoms with Gasteiger partial charge in [-0.2, -0.15) is 0 Å². The van der Waals surface area contributed by atoms with Crippen LogP contribution in [0.3, 0.4) is 0 Å². The van der Waals surface area contributed by atoms with Gasteiger partial charge >= 0.3 is 0 Å². The number of aliphatic hydroxyl groups excluding tert-OH is 1. The molecule has 0 bridgehead atoms. The molecule has 2 aromatic carbocycles. The number of amides is 1. The van der Waals surface area contributed by atoms with E-state index < -0.39 is 6.10 Å². The van der Waals surface area contributed by atoms with Crippen LogP contribution in [0.15, 0.2) is 48.5 Å². The fourth-order valence-electron chi connectivity index (χ4n) is 2.13. The highest BCUT2D eigenvalue weighted by Crippen LogP contribution is 2.21. The average Bonchev–Trinajstić information content (AvgIpc) is 2.52. The number of hydrogen-bond donors (Lipinski definition) is 2. The van der Waals surface area contributed by atoms with Crippen molar-refractivity contribution in [3.05, 3.63) is 59.7 Å². The van der Waals surface area contributed by atoms with Crippen molar-refractivity contribution >= 4 is 11.6 Å². The monoisotopic (exact) mass is 299 g/mol. The molecule has 0 saturated heterocycles. The summed E-state index contributed by atoms with van der Waals surface area (Å²) in [6.45, 7) is 3.84. The summed E-state index contributed by atoms with van der Waals surface area (Å²) in [4.78, 5) is 11.1. The quantitative estimate of drug-likeness (QED) is 0.855. The molecule has 0 radical (unpaired) electrons. The van der Waals surface area contributed by atoms with E-state index >= 15 is 0 Å². The van der Waals surface area contributed by atoms with Crippen molar-refractivity contribution in [3.63, 3.8) is 0 Å². The lowest BCUT2D eigenvalue weighted by atomic mass is 10.1. The first-order chi connectivity index (χ1) is 10.6. The van der Waals surface area contributed by atoms with E-state index in [9.17, 15) is 9.90 Å². The van der Waals surface area contributed by atoms with Crippen LogP contribution in [-0.2, 0) is 11.4 Å². The molecule has 4 nitrogen and oxygen atoms in total. The topological polar surface area (TPSA) is 58.6 Å². The smallest absolute Gasteiger partial charge is 0.221 e. The van der Waals surface area contributed by atoms with Crippen LogP contribution >= 0.6 is 0 Å². The number of anilines is 1. The molecule has 0 aliphatic rings. The van der Waals surface area contributed by atoms with Crippen LogP contribution in [0.5, 0.6) is 5.75 Å². The van der Waals surface area contributed by atoms with E-state index in [1.807, 2.05) is 55.5 Å².